The molecule has 4 aromatic rings. The van der Waals surface area contributed by atoms with Gasteiger partial charge in [0.2, 0.25) is 0 Å². The van der Waals surface area contributed by atoms with Crippen LogP contribution in [0.2, 0.25) is 0 Å². The lowest BCUT2D eigenvalue weighted by atomic mass is 9.89. The summed E-state index contributed by atoms with van der Waals surface area (Å²) < 4.78 is 3.12. The van der Waals surface area contributed by atoms with E-state index in [9.17, 15) is 9.59 Å². The second-order valence-electron chi connectivity index (χ2n) is 11.0. The molecule has 0 unspecified atom stereocenters. The van der Waals surface area contributed by atoms with Crippen LogP contribution < -0.4 is 5.32 Å². The molecule has 198 valence electrons. The van der Waals surface area contributed by atoms with Crippen molar-refractivity contribution in [1.82, 2.24) is 24.2 Å². The molecule has 2 aliphatic rings. The number of hydrogen-bond acceptors (Lipinski definition) is 6. The Morgan fingerprint density at radius 2 is 1.89 bits per heavy atom. The SMILES string of the molecule is Cc1cnc2cc(NC(=O)C(=O)N3C[C@@H](C)CC[C@@H]3c3ccc4sc(C5CCN(C)CC5)nc4c3)ccn12. The van der Waals surface area contributed by atoms with E-state index in [1.807, 2.05) is 17.5 Å². The lowest BCUT2D eigenvalue weighted by Gasteiger charge is -2.38. The smallest absolute Gasteiger partial charge is 0.313 e. The van der Waals surface area contributed by atoms with Crippen molar-refractivity contribution in [1.29, 1.82) is 0 Å². The van der Waals surface area contributed by atoms with Crippen molar-refractivity contribution in [2.24, 2.45) is 5.92 Å². The van der Waals surface area contributed by atoms with E-state index >= 15 is 0 Å². The van der Waals surface area contributed by atoms with Crippen LogP contribution in [0.5, 0.6) is 0 Å². The number of likely N-dealkylation sites (tertiary alicyclic amines) is 2. The second kappa shape index (κ2) is 10.1. The van der Waals surface area contributed by atoms with Crippen molar-refractivity contribution in [2.75, 3.05) is 32.0 Å². The number of anilines is 1. The summed E-state index contributed by atoms with van der Waals surface area (Å²) >= 11 is 1.80. The summed E-state index contributed by atoms with van der Waals surface area (Å²) in [5.41, 5.74) is 4.36. The number of imidazole rings is 1. The number of thiazole rings is 1. The van der Waals surface area contributed by atoms with Crippen LogP contribution in [0, 0.1) is 12.8 Å². The number of hydrogen-bond donors (Lipinski definition) is 1. The minimum Gasteiger partial charge on any atom is -0.327 e. The number of nitrogens with zero attached hydrogens (tertiary/aromatic N) is 5. The molecule has 3 aromatic heterocycles. The fourth-order valence-corrected chi connectivity index (χ4v) is 6.94. The van der Waals surface area contributed by atoms with E-state index in [4.69, 9.17) is 4.98 Å². The van der Waals surface area contributed by atoms with Crippen molar-refractivity contribution in [3.05, 3.63) is 59.0 Å². The van der Waals surface area contributed by atoms with Crippen molar-refractivity contribution in [3.8, 4) is 0 Å². The van der Waals surface area contributed by atoms with Crippen LogP contribution in [0.15, 0.2) is 42.7 Å². The number of aromatic nitrogens is 3. The molecule has 9 heteroatoms. The molecule has 1 aromatic carbocycles. The third kappa shape index (κ3) is 4.80. The second-order valence-corrected chi connectivity index (χ2v) is 12.1. The summed E-state index contributed by atoms with van der Waals surface area (Å²) in [5, 5.41) is 4.02. The number of carbonyl (C=O) groups is 2. The average Bonchev–Trinajstić information content (AvgIpc) is 3.51. The summed E-state index contributed by atoms with van der Waals surface area (Å²) in [6.07, 6.45) is 7.77. The Bertz CT molecular complexity index is 1500. The molecule has 38 heavy (non-hydrogen) atoms. The van der Waals surface area contributed by atoms with E-state index in [-0.39, 0.29) is 6.04 Å². The van der Waals surface area contributed by atoms with Gasteiger partial charge in [-0.1, -0.05) is 13.0 Å². The molecular weight excluding hydrogens is 496 g/mol. The summed E-state index contributed by atoms with van der Waals surface area (Å²) in [6.45, 7) is 6.89. The number of amides is 2. The zero-order valence-corrected chi connectivity index (χ0v) is 23.0. The van der Waals surface area contributed by atoms with E-state index in [1.54, 1.807) is 34.6 Å². The van der Waals surface area contributed by atoms with Gasteiger partial charge in [0.25, 0.3) is 0 Å². The first-order chi connectivity index (χ1) is 18.4. The third-order valence-electron chi connectivity index (χ3n) is 8.11. The van der Waals surface area contributed by atoms with Crippen molar-refractivity contribution >= 4 is 44.7 Å². The van der Waals surface area contributed by atoms with E-state index in [2.05, 4.69) is 47.4 Å². The predicted molar refractivity (Wildman–Crippen MR) is 151 cm³/mol. The third-order valence-corrected chi connectivity index (χ3v) is 9.31. The van der Waals surface area contributed by atoms with Crippen molar-refractivity contribution < 1.29 is 9.59 Å². The molecule has 0 aliphatic carbocycles. The quantitative estimate of drug-likeness (QED) is 0.377. The van der Waals surface area contributed by atoms with E-state index in [0.717, 1.165) is 61.2 Å². The number of benzene rings is 1. The fraction of sp³-hybridized carbons (Fsp3) is 0.448. The van der Waals surface area contributed by atoms with Crippen LogP contribution in [0.3, 0.4) is 0 Å². The van der Waals surface area contributed by atoms with Crippen LogP contribution in [0.25, 0.3) is 15.9 Å². The first kappa shape index (κ1) is 25.0. The Balaban J connectivity index is 1.22. The molecule has 0 saturated carbocycles. The number of fused-ring (bicyclic) bond motifs is 2. The highest BCUT2D eigenvalue weighted by molar-refractivity contribution is 7.18. The number of aryl methyl sites for hydroxylation is 1. The topological polar surface area (TPSA) is 82.8 Å². The molecule has 0 bridgehead atoms. The molecule has 2 saturated heterocycles. The first-order valence-corrected chi connectivity index (χ1v) is 14.3. The lowest BCUT2D eigenvalue weighted by molar-refractivity contribution is -0.146. The zero-order chi connectivity index (χ0) is 26.4. The molecule has 2 fully saturated rings. The molecular formula is C29H34N6O2S. The maximum atomic E-state index is 13.5. The molecule has 5 heterocycles. The van der Waals surface area contributed by atoms with Crippen molar-refractivity contribution in [3.63, 3.8) is 0 Å². The molecule has 1 N–H and O–H groups in total. The Hall–Kier alpha value is -3.30. The number of piperidine rings is 2. The van der Waals surface area contributed by atoms with Gasteiger partial charge in [-0.3, -0.25) is 9.59 Å². The monoisotopic (exact) mass is 530 g/mol. The van der Waals surface area contributed by atoms with Gasteiger partial charge in [-0.2, -0.15) is 0 Å². The van der Waals surface area contributed by atoms with Crippen LogP contribution in [0.1, 0.15) is 60.8 Å². The minimum atomic E-state index is -0.615. The van der Waals surface area contributed by atoms with Gasteiger partial charge in [-0.05, 0) is 82.4 Å². The standard InChI is InChI=1S/C29H34N6O2S/c1-18-4-6-24(21-5-7-25-23(14-21)32-28(38-25)20-8-11-33(3)12-9-20)35(17-18)29(37)27(36)31-22-10-13-34-19(2)16-30-26(34)15-22/h5,7,10,13-16,18,20,24H,4,6,8-9,11-12,17H2,1-3H3,(H,31,36)/t18-,24+/m0/s1. The maximum absolute atomic E-state index is 13.5. The maximum Gasteiger partial charge on any atom is 0.313 e. The van der Waals surface area contributed by atoms with Gasteiger partial charge >= 0.3 is 11.8 Å². The fourth-order valence-electron chi connectivity index (χ4n) is 5.82. The average molecular weight is 531 g/mol. The van der Waals surface area contributed by atoms with Gasteiger partial charge < -0.3 is 19.5 Å². The van der Waals surface area contributed by atoms with Gasteiger partial charge in [0, 0.05) is 42.3 Å². The summed E-state index contributed by atoms with van der Waals surface area (Å²) in [5.74, 6) is -0.247. The number of pyridine rings is 1. The van der Waals surface area contributed by atoms with E-state index in [1.165, 1.54) is 9.71 Å². The van der Waals surface area contributed by atoms with Gasteiger partial charge in [-0.25, -0.2) is 9.97 Å². The molecule has 0 spiro atoms. The van der Waals surface area contributed by atoms with E-state index in [0.29, 0.717) is 24.1 Å². The number of rotatable bonds is 3. The molecule has 2 atom stereocenters. The largest absolute Gasteiger partial charge is 0.327 e. The van der Waals surface area contributed by atoms with Crippen LogP contribution in [-0.4, -0.2) is 62.7 Å². The van der Waals surface area contributed by atoms with Gasteiger partial charge in [0.05, 0.1) is 21.3 Å². The predicted octanol–water partition coefficient (Wildman–Crippen LogP) is 5.00. The normalized spacial score (nSPS) is 21.3. The molecule has 2 aliphatic heterocycles. The highest BCUT2D eigenvalue weighted by Gasteiger charge is 2.34. The minimum absolute atomic E-state index is 0.139. The van der Waals surface area contributed by atoms with Gasteiger partial charge in [0.1, 0.15) is 5.65 Å². The van der Waals surface area contributed by atoms with E-state index < -0.39 is 11.8 Å². The highest BCUT2D eigenvalue weighted by atomic mass is 32.1. The van der Waals surface area contributed by atoms with Crippen molar-refractivity contribution in [2.45, 2.75) is 51.5 Å². The lowest BCUT2D eigenvalue weighted by Crippen LogP contribution is -2.46. The van der Waals surface area contributed by atoms with Crippen LogP contribution in [0.4, 0.5) is 5.69 Å². The Morgan fingerprint density at radius 1 is 1.08 bits per heavy atom. The Labute approximate surface area is 226 Å². The zero-order valence-electron chi connectivity index (χ0n) is 22.2. The number of nitrogens with one attached hydrogen (secondary N) is 1. The molecule has 6 rings (SSSR count). The summed E-state index contributed by atoms with van der Waals surface area (Å²) in [6, 6.07) is 9.83. The molecule has 2 amide bonds. The Kier molecular flexibility index (Phi) is 6.65. The van der Waals surface area contributed by atoms with Crippen LogP contribution >= 0.6 is 11.3 Å². The number of carbonyl (C=O) groups excluding carboxylic acids is 2. The summed E-state index contributed by atoms with van der Waals surface area (Å²) in [7, 11) is 2.18. The molecule has 8 nitrogen and oxygen atoms in total. The highest BCUT2D eigenvalue weighted by Crippen LogP contribution is 2.38. The van der Waals surface area contributed by atoms with Crippen LogP contribution in [-0.2, 0) is 9.59 Å². The Morgan fingerprint density at radius 3 is 2.71 bits per heavy atom. The summed E-state index contributed by atoms with van der Waals surface area (Å²) in [4.78, 5) is 40.1. The van der Waals surface area contributed by atoms with Gasteiger partial charge in [-0.15, -0.1) is 11.3 Å². The first-order valence-electron chi connectivity index (χ1n) is 13.5. The van der Waals surface area contributed by atoms with Gasteiger partial charge in [0.15, 0.2) is 0 Å². The molecule has 0 radical (unpaired) electrons.